The average Bonchev–Trinajstić information content (AvgIpc) is 2.27. The Bertz CT molecular complexity index is 364. The molecular formula is C13H18FNO2. The van der Waals surface area contributed by atoms with Crippen molar-refractivity contribution in [3.8, 4) is 0 Å². The summed E-state index contributed by atoms with van der Waals surface area (Å²) in [6.07, 6.45) is 0.931. The molecule has 0 saturated heterocycles. The molecular weight excluding hydrogens is 221 g/mol. The lowest BCUT2D eigenvalue weighted by molar-refractivity contribution is -0.138. The van der Waals surface area contributed by atoms with Gasteiger partial charge in [0.2, 0.25) is 0 Å². The molecule has 4 heteroatoms. The Kier molecular flexibility index (Phi) is 5.10. The molecule has 3 nitrogen and oxygen atoms in total. The molecule has 94 valence electrons. The molecule has 0 aliphatic rings. The van der Waals surface area contributed by atoms with Crippen LogP contribution >= 0.6 is 0 Å². The maximum Gasteiger partial charge on any atom is 0.304 e. The number of carbonyl (C=O) groups is 1. The Morgan fingerprint density at radius 3 is 2.53 bits per heavy atom. The van der Waals surface area contributed by atoms with Crippen molar-refractivity contribution in [3.63, 3.8) is 0 Å². The number of hydrogen-bond donors (Lipinski definition) is 1. The molecule has 1 atom stereocenters. The molecule has 0 aromatic heterocycles. The number of hydrogen-bond acceptors (Lipinski definition) is 2. The van der Waals surface area contributed by atoms with Crippen molar-refractivity contribution in [2.24, 2.45) is 0 Å². The second kappa shape index (κ2) is 6.35. The minimum atomic E-state index is -0.786. The minimum Gasteiger partial charge on any atom is -0.481 e. The van der Waals surface area contributed by atoms with Crippen molar-refractivity contribution in [3.05, 3.63) is 35.6 Å². The molecule has 0 amide bonds. The van der Waals surface area contributed by atoms with E-state index in [4.69, 9.17) is 5.11 Å². The Morgan fingerprint density at radius 1 is 1.41 bits per heavy atom. The number of carboxylic acid groups (broad SMARTS) is 1. The number of benzene rings is 1. The van der Waals surface area contributed by atoms with Crippen LogP contribution in [0.3, 0.4) is 0 Å². The summed E-state index contributed by atoms with van der Waals surface area (Å²) < 4.78 is 12.7. The van der Waals surface area contributed by atoms with Crippen molar-refractivity contribution in [2.45, 2.75) is 25.8 Å². The molecule has 0 aliphatic heterocycles. The topological polar surface area (TPSA) is 40.5 Å². The van der Waals surface area contributed by atoms with E-state index in [0.717, 1.165) is 18.5 Å². The maximum atomic E-state index is 12.7. The summed E-state index contributed by atoms with van der Waals surface area (Å²) in [5.74, 6) is -1.02. The largest absolute Gasteiger partial charge is 0.481 e. The highest BCUT2D eigenvalue weighted by Crippen LogP contribution is 2.06. The Balaban J connectivity index is 2.39. The van der Waals surface area contributed by atoms with Crippen LogP contribution in [0.1, 0.15) is 18.9 Å². The van der Waals surface area contributed by atoms with Crippen LogP contribution in [0.15, 0.2) is 24.3 Å². The van der Waals surface area contributed by atoms with Crippen molar-refractivity contribution in [2.75, 3.05) is 13.6 Å². The van der Waals surface area contributed by atoms with Gasteiger partial charge in [-0.25, -0.2) is 4.39 Å². The van der Waals surface area contributed by atoms with Crippen molar-refractivity contribution in [1.82, 2.24) is 4.90 Å². The van der Waals surface area contributed by atoms with Gasteiger partial charge in [-0.05, 0) is 38.1 Å². The van der Waals surface area contributed by atoms with Crippen LogP contribution in [0.4, 0.5) is 4.39 Å². The molecule has 0 fully saturated rings. The molecule has 0 aliphatic carbocycles. The fourth-order valence-corrected chi connectivity index (χ4v) is 1.59. The second-order valence-electron chi connectivity index (χ2n) is 4.30. The molecule has 0 heterocycles. The van der Waals surface area contributed by atoms with E-state index in [-0.39, 0.29) is 18.3 Å². The van der Waals surface area contributed by atoms with Gasteiger partial charge >= 0.3 is 5.97 Å². The quantitative estimate of drug-likeness (QED) is 0.827. The van der Waals surface area contributed by atoms with E-state index in [1.165, 1.54) is 12.1 Å². The Labute approximate surface area is 101 Å². The lowest BCUT2D eigenvalue weighted by atomic mass is 10.1. The van der Waals surface area contributed by atoms with Gasteiger partial charge in [-0.15, -0.1) is 0 Å². The first kappa shape index (κ1) is 13.6. The number of halogens is 1. The summed E-state index contributed by atoms with van der Waals surface area (Å²) in [5, 5.41) is 8.68. The van der Waals surface area contributed by atoms with Crippen LogP contribution < -0.4 is 0 Å². The standard InChI is InChI=1S/C13H18FNO2/c1-10(9-13(16)17)15(2)8-7-11-3-5-12(14)6-4-11/h3-6,10H,7-9H2,1-2H3,(H,16,17). The molecule has 1 aromatic carbocycles. The monoisotopic (exact) mass is 239 g/mol. The first-order valence-electron chi connectivity index (χ1n) is 5.65. The van der Waals surface area contributed by atoms with E-state index in [1.54, 1.807) is 12.1 Å². The van der Waals surface area contributed by atoms with Gasteiger partial charge in [0.25, 0.3) is 0 Å². The number of carboxylic acids is 1. The van der Waals surface area contributed by atoms with E-state index < -0.39 is 5.97 Å². The van der Waals surface area contributed by atoms with Crippen LogP contribution in [0.5, 0.6) is 0 Å². The van der Waals surface area contributed by atoms with Gasteiger partial charge in [0.15, 0.2) is 0 Å². The van der Waals surface area contributed by atoms with E-state index in [9.17, 15) is 9.18 Å². The normalized spacial score (nSPS) is 12.7. The Hall–Kier alpha value is -1.42. The maximum absolute atomic E-state index is 12.7. The lowest BCUT2D eigenvalue weighted by Crippen LogP contribution is -2.32. The summed E-state index contributed by atoms with van der Waals surface area (Å²) in [7, 11) is 1.90. The third kappa shape index (κ3) is 4.95. The van der Waals surface area contributed by atoms with E-state index in [0.29, 0.717) is 0 Å². The van der Waals surface area contributed by atoms with Gasteiger partial charge < -0.3 is 10.0 Å². The van der Waals surface area contributed by atoms with Gasteiger partial charge in [0, 0.05) is 12.6 Å². The SMILES string of the molecule is CC(CC(=O)O)N(C)CCc1ccc(F)cc1. The predicted octanol–water partition coefficient (Wildman–Crippen LogP) is 2.16. The summed E-state index contributed by atoms with van der Waals surface area (Å²) in [5.41, 5.74) is 1.06. The predicted molar refractivity (Wildman–Crippen MR) is 64.4 cm³/mol. The number of nitrogens with zero attached hydrogens (tertiary/aromatic N) is 1. The zero-order chi connectivity index (χ0) is 12.8. The van der Waals surface area contributed by atoms with Gasteiger partial charge in [0.1, 0.15) is 5.82 Å². The van der Waals surface area contributed by atoms with Gasteiger partial charge in [0.05, 0.1) is 6.42 Å². The average molecular weight is 239 g/mol. The summed E-state index contributed by atoms with van der Waals surface area (Å²) >= 11 is 0. The highest BCUT2D eigenvalue weighted by Gasteiger charge is 2.12. The number of likely N-dealkylation sites (N-methyl/N-ethyl adjacent to an activating group) is 1. The minimum absolute atomic E-state index is 0.00736. The molecule has 1 aromatic rings. The van der Waals surface area contributed by atoms with Crippen LogP contribution in [-0.4, -0.2) is 35.6 Å². The first-order chi connectivity index (χ1) is 7.99. The molecule has 0 radical (unpaired) electrons. The van der Waals surface area contributed by atoms with E-state index >= 15 is 0 Å². The van der Waals surface area contributed by atoms with Crippen molar-refractivity contribution < 1.29 is 14.3 Å². The van der Waals surface area contributed by atoms with Gasteiger partial charge in [-0.3, -0.25) is 4.79 Å². The third-order valence-electron chi connectivity index (χ3n) is 2.89. The molecule has 1 rings (SSSR count). The molecule has 1 unspecified atom stereocenters. The van der Waals surface area contributed by atoms with Crippen LogP contribution in [0.2, 0.25) is 0 Å². The Morgan fingerprint density at radius 2 is 2.00 bits per heavy atom. The highest BCUT2D eigenvalue weighted by molar-refractivity contribution is 5.67. The van der Waals surface area contributed by atoms with Crippen LogP contribution in [0.25, 0.3) is 0 Å². The van der Waals surface area contributed by atoms with E-state index in [2.05, 4.69) is 0 Å². The lowest BCUT2D eigenvalue weighted by Gasteiger charge is -2.23. The smallest absolute Gasteiger partial charge is 0.304 e. The van der Waals surface area contributed by atoms with Crippen molar-refractivity contribution in [1.29, 1.82) is 0 Å². The molecule has 0 saturated carbocycles. The molecule has 1 N–H and O–H groups in total. The summed E-state index contributed by atoms with van der Waals surface area (Å²) in [6.45, 7) is 2.65. The number of rotatable bonds is 6. The van der Waals surface area contributed by atoms with E-state index in [1.807, 2.05) is 18.9 Å². The molecule has 0 bridgehead atoms. The molecule has 17 heavy (non-hydrogen) atoms. The van der Waals surface area contributed by atoms with Gasteiger partial charge in [-0.1, -0.05) is 12.1 Å². The third-order valence-corrected chi connectivity index (χ3v) is 2.89. The zero-order valence-corrected chi connectivity index (χ0v) is 10.2. The molecule has 0 spiro atoms. The van der Waals surface area contributed by atoms with Crippen LogP contribution in [-0.2, 0) is 11.2 Å². The van der Waals surface area contributed by atoms with Gasteiger partial charge in [-0.2, -0.15) is 0 Å². The first-order valence-corrected chi connectivity index (χ1v) is 5.65. The van der Waals surface area contributed by atoms with Crippen molar-refractivity contribution >= 4 is 5.97 Å². The highest BCUT2D eigenvalue weighted by atomic mass is 19.1. The zero-order valence-electron chi connectivity index (χ0n) is 10.2. The summed E-state index contributed by atoms with van der Waals surface area (Å²) in [6, 6.07) is 6.40. The fraction of sp³-hybridized carbons (Fsp3) is 0.462. The fourth-order valence-electron chi connectivity index (χ4n) is 1.59. The number of aliphatic carboxylic acids is 1. The van der Waals surface area contributed by atoms with Crippen LogP contribution in [0, 0.1) is 5.82 Å². The summed E-state index contributed by atoms with van der Waals surface area (Å²) in [4.78, 5) is 12.6. The second-order valence-corrected chi connectivity index (χ2v) is 4.30.